The van der Waals surface area contributed by atoms with Crippen LogP contribution in [0.2, 0.25) is 0 Å². The molecule has 1 atom stereocenters. The summed E-state index contributed by atoms with van der Waals surface area (Å²) in [5.74, 6) is 0.627. The Bertz CT molecular complexity index is 306. The number of hydrogen-bond donors (Lipinski definition) is 1. The standard InChI is InChI=1S/C14H22N2/c1-3-16(14-9-15-10-14)11-12(2)13-7-5-4-6-8-13/h4-8,12,14-15H,3,9-11H2,1-2H3. The quantitative estimate of drug-likeness (QED) is 0.814. The van der Waals surface area contributed by atoms with E-state index >= 15 is 0 Å². The van der Waals surface area contributed by atoms with Gasteiger partial charge in [0.05, 0.1) is 0 Å². The predicted octanol–water partition coefficient (Wildman–Crippen LogP) is 2.08. The van der Waals surface area contributed by atoms with Crippen molar-refractivity contribution in [2.24, 2.45) is 0 Å². The van der Waals surface area contributed by atoms with Crippen LogP contribution in [0.1, 0.15) is 25.3 Å². The summed E-state index contributed by atoms with van der Waals surface area (Å²) in [6, 6.07) is 11.6. The van der Waals surface area contributed by atoms with Gasteiger partial charge in [-0.15, -0.1) is 0 Å². The van der Waals surface area contributed by atoms with E-state index in [1.165, 1.54) is 12.1 Å². The first kappa shape index (κ1) is 11.6. The largest absolute Gasteiger partial charge is 0.314 e. The van der Waals surface area contributed by atoms with Gasteiger partial charge in [0.2, 0.25) is 0 Å². The first-order valence-electron chi connectivity index (χ1n) is 6.31. The highest BCUT2D eigenvalue weighted by Crippen LogP contribution is 2.18. The van der Waals surface area contributed by atoms with Gasteiger partial charge in [0.15, 0.2) is 0 Å². The Morgan fingerprint density at radius 1 is 1.31 bits per heavy atom. The van der Waals surface area contributed by atoms with Crippen LogP contribution in [0.25, 0.3) is 0 Å². The van der Waals surface area contributed by atoms with E-state index in [2.05, 4.69) is 54.4 Å². The molecule has 0 aromatic heterocycles. The maximum Gasteiger partial charge on any atom is 0.0345 e. The number of nitrogens with one attached hydrogen (secondary N) is 1. The van der Waals surface area contributed by atoms with E-state index in [9.17, 15) is 0 Å². The molecule has 2 nitrogen and oxygen atoms in total. The second-order valence-corrected chi connectivity index (χ2v) is 4.71. The van der Waals surface area contributed by atoms with Gasteiger partial charge in [0, 0.05) is 25.7 Å². The fourth-order valence-corrected chi connectivity index (χ4v) is 2.31. The number of rotatable bonds is 5. The number of likely N-dealkylation sites (N-methyl/N-ethyl adjacent to an activating group) is 1. The highest BCUT2D eigenvalue weighted by molar-refractivity contribution is 5.19. The lowest BCUT2D eigenvalue weighted by atomic mass is 9.99. The van der Waals surface area contributed by atoms with Crippen LogP contribution in [0.3, 0.4) is 0 Å². The van der Waals surface area contributed by atoms with Crippen LogP contribution < -0.4 is 5.32 Å². The summed E-state index contributed by atoms with van der Waals surface area (Å²) in [4.78, 5) is 2.59. The molecule has 0 aliphatic carbocycles. The lowest BCUT2D eigenvalue weighted by Gasteiger charge is -2.39. The van der Waals surface area contributed by atoms with Crippen LogP contribution in [-0.4, -0.2) is 37.1 Å². The Labute approximate surface area is 98.7 Å². The molecular weight excluding hydrogens is 196 g/mol. The van der Waals surface area contributed by atoms with Crippen LogP contribution in [0, 0.1) is 0 Å². The minimum Gasteiger partial charge on any atom is -0.314 e. The highest BCUT2D eigenvalue weighted by atomic mass is 15.2. The van der Waals surface area contributed by atoms with Gasteiger partial charge >= 0.3 is 0 Å². The molecule has 0 spiro atoms. The third-order valence-electron chi connectivity index (χ3n) is 3.56. The van der Waals surface area contributed by atoms with Crippen molar-refractivity contribution < 1.29 is 0 Å². The van der Waals surface area contributed by atoms with Gasteiger partial charge in [0.1, 0.15) is 0 Å². The maximum atomic E-state index is 3.35. The van der Waals surface area contributed by atoms with Gasteiger partial charge in [0.25, 0.3) is 0 Å². The molecule has 1 fully saturated rings. The number of hydrogen-bond acceptors (Lipinski definition) is 2. The third-order valence-corrected chi connectivity index (χ3v) is 3.56. The summed E-state index contributed by atoms with van der Waals surface area (Å²) in [6.45, 7) is 9.24. The molecule has 0 amide bonds. The van der Waals surface area contributed by atoms with Crippen molar-refractivity contribution in [3.63, 3.8) is 0 Å². The van der Waals surface area contributed by atoms with E-state index in [4.69, 9.17) is 0 Å². The Balaban J connectivity index is 1.92. The SMILES string of the molecule is CCN(CC(C)c1ccccc1)C1CNC1. The van der Waals surface area contributed by atoms with Gasteiger partial charge in [-0.25, -0.2) is 0 Å². The second-order valence-electron chi connectivity index (χ2n) is 4.71. The van der Waals surface area contributed by atoms with Crippen molar-refractivity contribution in [2.45, 2.75) is 25.8 Å². The summed E-state index contributed by atoms with van der Waals surface area (Å²) < 4.78 is 0. The molecule has 2 rings (SSSR count). The summed E-state index contributed by atoms with van der Waals surface area (Å²) >= 11 is 0. The first-order chi connectivity index (χ1) is 7.81. The second kappa shape index (κ2) is 5.46. The topological polar surface area (TPSA) is 15.3 Å². The number of benzene rings is 1. The molecule has 0 saturated carbocycles. The molecule has 0 bridgehead atoms. The van der Waals surface area contributed by atoms with Gasteiger partial charge < -0.3 is 5.32 Å². The average molecular weight is 218 g/mol. The van der Waals surface area contributed by atoms with Crippen LogP contribution >= 0.6 is 0 Å². The summed E-state index contributed by atoms with van der Waals surface area (Å²) in [5.41, 5.74) is 1.45. The molecule has 1 heterocycles. The smallest absolute Gasteiger partial charge is 0.0345 e. The molecule has 1 aromatic rings. The fourth-order valence-electron chi connectivity index (χ4n) is 2.31. The van der Waals surface area contributed by atoms with Gasteiger partial charge in [-0.05, 0) is 18.0 Å². The third kappa shape index (κ3) is 2.63. The molecule has 1 N–H and O–H groups in total. The number of nitrogens with zero attached hydrogens (tertiary/aromatic N) is 1. The molecule has 0 radical (unpaired) electrons. The van der Waals surface area contributed by atoms with Crippen molar-refractivity contribution in [3.05, 3.63) is 35.9 Å². The molecule has 1 aliphatic heterocycles. The Kier molecular flexibility index (Phi) is 3.97. The molecule has 1 unspecified atom stereocenters. The normalized spacial score (nSPS) is 18.4. The maximum absolute atomic E-state index is 3.35. The minimum atomic E-state index is 0.627. The average Bonchev–Trinajstić information content (AvgIpc) is 2.26. The Hall–Kier alpha value is -0.860. The fraction of sp³-hybridized carbons (Fsp3) is 0.571. The van der Waals surface area contributed by atoms with E-state index in [-0.39, 0.29) is 0 Å². The Morgan fingerprint density at radius 3 is 2.50 bits per heavy atom. The summed E-state index contributed by atoms with van der Waals surface area (Å²) in [6.07, 6.45) is 0. The molecule has 1 saturated heterocycles. The minimum absolute atomic E-state index is 0.627. The van der Waals surface area contributed by atoms with Crippen LogP contribution in [0.15, 0.2) is 30.3 Å². The van der Waals surface area contributed by atoms with E-state index < -0.39 is 0 Å². The van der Waals surface area contributed by atoms with Crippen LogP contribution in [0.5, 0.6) is 0 Å². The van der Waals surface area contributed by atoms with E-state index in [0.29, 0.717) is 5.92 Å². The summed E-state index contributed by atoms with van der Waals surface area (Å²) in [5, 5.41) is 3.35. The highest BCUT2D eigenvalue weighted by Gasteiger charge is 2.24. The zero-order valence-electron chi connectivity index (χ0n) is 10.3. The van der Waals surface area contributed by atoms with Crippen molar-refractivity contribution in [1.82, 2.24) is 10.2 Å². The van der Waals surface area contributed by atoms with Gasteiger partial charge in [-0.2, -0.15) is 0 Å². The molecule has 1 aromatic carbocycles. The molecular formula is C14H22N2. The first-order valence-corrected chi connectivity index (χ1v) is 6.31. The lowest BCUT2D eigenvalue weighted by molar-refractivity contribution is 0.146. The van der Waals surface area contributed by atoms with Crippen molar-refractivity contribution in [3.8, 4) is 0 Å². The zero-order chi connectivity index (χ0) is 11.4. The van der Waals surface area contributed by atoms with Crippen molar-refractivity contribution in [1.29, 1.82) is 0 Å². The molecule has 2 heteroatoms. The van der Waals surface area contributed by atoms with Crippen molar-refractivity contribution in [2.75, 3.05) is 26.2 Å². The monoisotopic (exact) mass is 218 g/mol. The van der Waals surface area contributed by atoms with E-state index in [0.717, 1.165) is 25.7 Å². The van der Waals surface area contributed by atoms with Crippen LogP contribution in [0.4, 0.5) is 0 Å². The van der Waals surface area contributed by atoms with Gasteiger partial charge in [-0.1, -0.05) is 44.2 Å². The predicted molar refractivity (Wildman–Crippen MR) is 68.8 cm³/mol. The summed E-state index contributed by atoms with van der Waals surface area (Å²) in [7, 11) is 0. The molecule has 1 aliphatic rings. The molecule has 88 valence electrons. The van der Waals surface area contributed by atoms with Crippen molar-refractivity contribution >= 4 is 0 Å². The Morgan fingerprint density at radius 2 is 2.00 bits per heavy atom. The van der Waals surface area contributed by atoms with E-state index in [1.54, 1.807) is 0 Å². The lowest BCUT2D eigenvalue weighted by Crippen LogP contribution is -2.57. The molecule has 16 heavy (non-hydrogen) atoms. The van der Waals surface area contributed by atoms with E-state index in [1.807, 2.05) is 0 Å². The van der Waals surface area contributed by atoms with Gasteiger partial charge in [-0.3, -0.25) is 4.90 Å². The zero-order valence-corrected chi connectivity index (χ0v) is 10.3. The van der Waals surface area contributed by atoms with Crippen LogP contribution in [-0.2, 0) is 0 Å².